The quantitative estimate of drug-likeness (QED) is 0.657. The van der Waals surface area contributed by atoms with Gasteiger partial charge in [-0.3, -0.25) is 4.68 Å². The molecule has 0 saturated heterocycles. The van der Waals surface area contributed by atoms with Crippen LogP contribution in [0.2, 0.25) is 5.02 Å². The van der Waals surface area contributed by atoms with E-state index in [1.807, 2.05) is 35.9 Å². The average Bonchev–Trinajstić information content (AvgIpc) is 2.73. The zero-order valence-corrected chi connectivity index (χ0v) is 14.6. The van der Waals surface area contributed by atoms with Crippen LogP contribution in [0.3, 0.4) is 0 Å². The predicted octanol–water partition coefficient (Wildman–Crippen LogP) is 5.19. The maximum absolute atomic E-state index is 6.29. The monoisotopic (exact) mass is 374 g/mol. The van der Waals surface area contributed by atoms with Crippen molar-refractivity contribution >= 4 is 39.1 Å². The van der Waals surface area contributed by atoms with Crippen LogP contribution in [0.15, 0.2) is 28.7 Å². The second-order valence-corrected chi connectivity index (χ2v) is 6.25. The molecule has 1 heterocycles. The Morgan fingerprint density at radius 1 is 1.35 bits per heavy atom. The lowest BCUT2D eigenvalue weighted by molar-refractivity contribution is 0.595. The van der Waals surface area contributed by atoms with Gasteiger partial charge in [0.15, 0.2) is 0 Å². The fourth-order valence-corrected chi connectivity index (χ4v) is 3.36. The van der Waals surface area contributed by atoms with E-state index in [0.717, 1.165) is 33.7 Å². The van der Waals surface area contributed by atoms with Crippen molar-refractivity contribution in [3.05, 3.63) is 50.7 Å². The Balaban J connectivity index is 2.34. The van der Waals surface area contributed by atoms with Gasteiger partial charge in [0.1, 0.15) is 0 Å². The lowest BCUT2D eigenvalue weighted by atomic mass is 9.96. The van der Waals surface area contributed by atoms with E-state index >= 15 is 0 Å². The molecule has 2 rings (SSSR count). The summed E-state index contributed by atoms with van der Waals surface area (Å²) in [4.78, 5) is 0. The third-order valence-electron chi connectivity index (χ3n) is 3.42. The van der Waals surface area contributed by atoms with Crippen molar-refractivity contribution < 1.29 is 0 Å². The Bertz CT molecular complexity index is 596. The van der Waals surface area contributed by atoms with E-state index in [1.54, 1.807) is 0 Å². The summed E-state index contributed by atoms with van der Waals surface area (Å²) in [5, 5.41) is 5.30. The molecule has 0 aliphatic heterocycles. The minimum Gasteiger partial charge on any atom is -0.268 e. The van der Waals surface area contributed by atoms with Crippen LogP contribution in [0.25, 0.3) is 0 Å². The Morgan fingerprint density at radius 3 is 2.65 bits per heavy atom. The molecule has 0 spiro atoms. The van der Waals surface area contributed by atoms with Crippen molar-refractivity contribution in [3.63, 3.8) is 0 Å². The summed E-state index contributed by atoms with van der Waals surface area (Å²) in [6.45, 7) is 4.94. The number of benzene rings is 1. The smallest absolute Gasteiger partial charge is 0.0738 e. The van der Waals surface area contributed by atoms with Gasteiger partial charge in [-0.05, 0) is 47.8 Å². The summed E-state index contributed by atoms with van der Waals surface area (Å²) in [7, 11) is 0. The molecule has 2 aromatic rings. The molecule has 0 bridgehead atoms. The topological polar surface area (TPSA) is 17.8 Å². The number of hydrogen-bond donors (Lipinski definition) is 0. The number of rotatable bonds is 5. The molecule has 0 radical (unpaired) electrons. The highest BCUT2D eigenvalue weighted by Crippen LogP contribution is 2.31. The number of nitrogens with zero attached hydrogens (tertiary/aromatic N) is 2. The minimum atomic E-state index is 0.183. The highest BCUT2D eigenvalue weighted by atomic mass is 79.9. The van der Waals surface area contributed by atoms with Gasteiger partial charge in [0, 0.05) is 23.4 Å². The van der Waals surface area contributed by atoms with Gasteiger partial charge >= 0.3 is 0 Å². The number of hydrogen-bond acceptors (Lipinski definition) is 1. The molecule has 2 nitrogen and oxygen atoms in total. The van der Waals surface area contributed by atoms with E-state index in [1.165, 1.54) is 5.69 Å². The number of alkyl halides is 1. The molecule has 108 valence electrons. The first-order valence-corrected chi connectivity index (χ1v) is 8.31. The lowest BCUT2D eigenvalue weighted by Gasteiger charge is -2.17. The fourth-order valence-electron chi connectivity index (χ4n) is 2.35. The SMILES string of the molecule is CCn1nc(C)c(Br)c1CC(CCl)c1ccccc1Cl. The highest BCUT2D eigenvalue weighted by Gasteiger charge is 2.20. The molecule has 0 aliphatic carbocycles. The summed E-state index contributed by atoms with van der Waals surface area (Å²) < 4.78 is 3.09. The third kappa shape index (κ3) is 3.21. The zero-order chi connectivity index (χ0) is 14.7. The second kappa shape index (κ2) is 6.97. The van der Waals surface area contributed by atoms with Gasteiger partial charge in [0.25, 0.3) is 0 Å². The maximum Gasteiger partial charge on any atom is 0.0738 e. The van der Waals surface area contributed by atoms with Gasteiger partial charge in [0.05, 0.1) is 15.9 Å². The van der Waals surface area contributed by atoms with Crippen molar-refractivity contribution in [1.29, 1.82) is 0 Å². The first-order chi connectivity index (χ1) is 9.58. The van der Waals surface area contributed by atoms with Crippen LogP contribution in [-0.2, 0) is 13.0 Å². The minimum absolute atomic E-state index is 0.183. The Hall–Kier alpha value is -0.510. The van der Waals surface area contributed by atoms with Gasteiger partial charge in [0.2, 0.25) is 0 Å². The molecule has 1 aromatic heterocycles. The summed E-state index contributed by atoms with van der Waals surface area (Å²) in [6.07, 6.45) is 0.822. The van der Waals surface area contributed by atoms with Crippen molar-refractivity contribution in [1.82, 2.24) is 9.78 Å². The van der Waals surface area contributed by atoms with Crippen LogP contribution in [0.4, 0.5) is 0 Å². The van der Waals surface area contributed by atoms with Crippen molar-refractivity contribution in [2.24, 2.45) is 0 Å². The van der Waals surface area contributed by atoms with Crippen molar-refractivity contribution in [3.8, 4) is 0 Å². The molecule has 0 N–H and O–H groups in total. The van der Waals surface area contributed by atoms with E-state index in [2.05, 4.69) is 28.0 Å². The van der Waals surface area contributed by atoms with Gasteiger partial charge in [-0.25, -0.2) is 0 Å². The van der Waals surface area contributed by atoms with Gasteiger partial charge in [-0.2, -0.15) is 5.10 Å². The zero-order valence-electron chi connectivity index (χ0n) is 11.5. The number of halogens is 3. The van der Waals surface area contributed by atoms with Crippen LogP contribution in [-0.4, -0.2) is 15.7 Å². The van der Waals surface area contributed by atoms with Crippen LogP contribution in [0, 0.1) is 6.92 Å². The molecule has 20 heavy (non-hydrogen) atoms. The lowest BCUT2D eigenvalue weighted by Crippen LogP contribution is -2.11. The molecule has 0 saturated carbocycles. The van der Waals surface area contributed by atoms with Crippen molar-refractivity contribution in [2.75, 3.05) is 5.88 Å². The maximum atomic E-state index is 6.29. The molecule has 0 amide bonds. The predicted molar refractivity (Wildman–Crippen MR) is 89.0 cm³/mol. The van der Waals surface area contributed by atoms with Crippen LogP contribution in [0.1, 0.15) is 29.8 Å². The first kappa shape index (κ1) is 15.9. The summed E-state index contributed by atoms with van der Waals surface area (Å²) in [5.74, 6) is 0.715. The summed E-state index contributed by atoms with van der Waals surface area (Å²) >= 11 is 16.1. The summed E-state index contributed by atoms with van der Waals surface area (Å²) in [5.41, 5.74) is 3.28. The standard InChI is InChI=1S/C15H17BrCl2N2/c1-3-20-14(15(16)10(2)19-20)8-11(9-17)12-6-4-5-7-13(12)18/h4-7,11H,3,8-9H2,1-2H3. The van der Waals surface area contributed by atoms with Gasteiger partial charge < -0.3 is 0 Å². The summed E-state index contributed by atoms with van der Waals surface area (Å²) in [6, 6.07) is 7.89. The van der Waals surface area contributed by atoms with Crippen LogP contribution in [0.5, 0.6) is 0 Å². The number of aromatic nitrogens is 2. The van der Waals surface area contributed by atoms with E-state index in [4.69, 9.17) is 23.2 Å². The normalized spacial score (nSPS) is 12.7. The average molecular weight is 376 g/mol. The van der Waals surface area contributed by atoms with Crippen LogP contribution < -0.4 is 0 Å². The first-order valence-electron chi connectivity index (χ1n) is 6.60. The Morgan fingerprint density at radius 2 is 2.05 bits per heavy atom. The van der Waals surface area contributed by atoms with Crippen LogP contribution >= 0.6 is 39.1 Å². The van der Waals surface area contributed by atoms with E-state index in [-0.39, 0.29) is 5.92 Å². The molecular formula is C15H17BrCl2N2. The third-order valence-corrected chi connectivity index (χ3v) is 5.17. The van der Waals surface area contributed by atoms with Crippen molar-refractivity contribution in [2.45, 2.75) is 32.7 Å². The Kier molecular flexibility index (Phi) is 5.53. The van der Waals surface area contributed by atoms with E-state index in [9.17, 15) is 0 Å². The molecular weight excluding hydrogens is 359 g/mol. The molecule has 0 fully saturated rings. The van der Waals surface area contributed by atoms with E-state index in [0.29, 0.717) is 5.88 Å². The molecule has 1 atom stereocenters. The molecule has 0 aliphatic rings. The molecule has 1 unspecified atom stereocenters. The fraction of sp³-hybridized carbons (Fsp3) is 0.400. The second-order valence-electron chi connectivity index (χ2n) is 4.74. The number of aryl methyl sites for hydroxylation is 2. The largest absolute Gasteiger partial charge is 0.268 e. The molecule has 5 heteroatoms. The Labute approximate surface area is 138 Å². The van der Waals surface area contributed by atoms with E-state index < -0.39 is 0 Å². The van der Waals surface area contributed by atoms with Gasteiger partial charge in [-0.15, -0.1) is 11.6 Å². The van der Waals surface area contributed by atoms with Gasteiger partial charge in [-0.1, -0.05) is 29.8 Å². The molecule has 1 aromatic carbocycles. The highest BCUT2D eigenvalue weighted by molar-refractivity contribution is 9.10.